The fourth-order valence-corrected chi connectivity index (χ4v) is 1.12. The molecule has 1 atom stereocenters. The van der Waals surface area contributed by atoms with Crippen LogP contribution < -0.4 is 5.32 Å². The third-order valence-corrected chi connectivity index (χ3v) is 1.91. The number of nitriles is 1. The zero-order valence-corrected chi connectivity index (χ0v) is 9.08. The van der Waals surface area contributed by atoms with Crippen molar-refractivity contribution in [1.82, 2.24) is 5.32 Å². The topological polar surface area (TPSA) is 79.2 Å². The molecule has 1 amide bonds. The van der Waals surface area contributed by atoms with Gasteiger partial charge in [0.25, 0.3) is 0 Å². The Morgan fingerprint density at radius 2 is 2.20 bits per heavy atom. The lowest BCUT2D eigenvalue weighted by Gasteiger charge is -2.14. The lowest BCUT2D eigenvalue weighted by Crippen LogP contribution is -2.41. The van der Waals surface area contributed by atoms with E-state index < -0.39 is 17.9 Å². The number of esters is 1. The summed E-state index contributed by atoms with van der Waals surface area (Å²) in [6, 6.07) is 1.09. The van der Waals surface area contributed by atoms with Gasteiger partial charge in [-0.2, -0.15) is 5.26 Å². The van der Waals surface area contributed by atoms with Gasteiger partial charge < -0.3 is 10.1 Å². The van der Waals surface area contributed by atoms with Gasteiger partial charge >= 0.3 is 5.97 Å². The van der Waals surface area contributed by atoms with Crippen LogP contribution in [0, 0.1) is 11.3 Å². The molecule has 1 N–H and O–H groups in total. The highest BCUT2D eigenvalue weighted by Crippen LogP contribution is 2.02. The molecule has 1 unspecified atom stereocenters. The SMILES string of the molecule is CCCCC(NC(=O)CC#N)C(=O)OC. The fraction of sp³-hybridized carbons (Fsp3) is 0.700. The average molecular weight is 212 g/mol. The Kier molecular flexibility index (Phi) is 6.98. The van der Waals surface area contributed by atoms with Crippen molar-refractivity contribution in [2.24, 2.45) is 0 Å². The minimum absolute atomic E-state index is 0.236. The number of ether oxygens (including phenoxy) is 1. The molecule has 0 fully saturated rings. The summed E-state index contributed by atoms with van der Waals surface area (Å²) in [5.74, 6) is -0.904. The van der Waals surface area contributed by atoms with E-state index in [0.717, 1.165) is 12.8 Å². The molecule has 0 aromatic heterocycles. The van der Waals surface area contributed by atoms with Gasteiger partial charge in [0.05, 0.1) is 13.2 Å². The summed E-state index contributed by atoms with van der Waals surface area (Å²) in [6.07, 6.45) is 2.06. The number of nitrogens with one attached hydrogen (secondary N) is 1. The molecule has 0 aliphatic carbocycles. The minimum Gasteiger partial charge on any atom is -0.467 e. The summed E-state index contributed by atoms with van der Waals surface area (Å²) in [5, 5.41) is 10.8. The van der Waals surface area contributed by atoms with Crippen LogP contribution in [-0.2, 0) is 14.3 Å². The third-order valence-electron chi connectivity index (χ3n) is 1.91. The van der Waals surface area contributed by atoms with E-state index in [1.807, 2.05) is 6.92 Å². The molecular formula is C10H16N2O3. The Balaban J connectivity index is 4.18. The summed E-state index contributed by atoms with van der Waals surface area (Å²) < 4.78 is 4.55. The quantitative estimate of drug-likeness (QED) is 0.659. The van der Waals surface area contributed by atoms with Crippen molar-refractivity contribution in [3.8, 4) is 6.07 Å². The van der Waals surface area contributed by atoms with Crippen molar-refractivity contribution in [2.75, 3.05) is 7.11 Å². The Hall–Kier alpha value is -1.57. The number of rotatable bonds is 6. The van der Waals surface area contributed by atoms with Gasteiger partial charge in [-0.05, 0) is 6.42 Å². The lowest BCUT2D eigenvalue weighted by atomic mass is 10.1. The van der Waals surface area contributed by atoms with Gasteiger partial charge in [-0.3, -0.25) is 4.79 Å². The summed E-state index contributed by atoms with van der Waals surface area (Å²) in [4.78, 5) is 22.3. The van der Waals surface area contributed by atoms with Crippen molar-refractivity contribution in [1.29, 1.82) is 5.26 Å². The van der Waals surface area contributed by atoms with E-state index >= 15 is 0 Å². The largest absolute Gasteiger partial charge is 0.467 e. The van der Waals surface area contributed by atoms with E-state index in [0.29, 0.717) is 6.42 Å². The predicted octanol–water partition coefficient (Wildman–Crippen LogP) is 0.748. The first-order chi connectivity index (χ1) is 7.15. The van der Waals surface area contributed by atoms with Gasteiger partial charge in [0.1, 0.15) is 12.5 Å². The number of carbonyl (C=O) groups is 2. The van der Waals surface area contributed by atoms with Gasteiger partial charge in [-0.1, -0.05) is 19.8 Å². The molecule has 5 nitrogen and oxygen atoms in total. The molecule has 5 heteroatoms. The van der Waals surface area contributed by atoms with Crippen molar-refractivity contribution in [3.63, 3.8) is 0 Å². The first-order valence-corrected chi connectivity index (χ1v) is 4.89. The first kappa shape index (κ1) is 13.4. The zero-order valence-electron chi connectivity index (χ0n) is 9.08. The number of carbonyl (C=O) groups excluding carboxylic acids is 2. The predicted molar refractivity (Wildman–Crippen MR) is 53.7 cm³/mol. The van der Waals surface area contributed by atoms with Crippen LogP contribution >= 0.6 is 0 Å². The number of hydrogen-bond acceptors (Lipinski definition) is 4. The Morgan fingerprint density at radius 1 is 1.53 bits per heavy atom. The van der Waals surface area contributed by atoms with Crippen LogP contribution in [0.1, 0.15) is 32.6 Å². The fourth-order valence-electron chi connectivity index (χ4n) is 1.12. The van der Waals surface area contributed by atoms with Crippen molar-refractivity contribution < 1.29 is 14.3 Å². The van der Waals surface area contributed by atoms with Gasteiger partial charge in [-0.25, -0.2) is 4.79 Å². The van der Waals surface area contributed by atoms with E-state index in [2.05, 4.69) is 10.1 Å². The Morgan fingerprint density at radius 3 is 2.67 bits per heavy atom. The molecule has 84 valence electrons. The molecule has 0 spiro atoms. The summed E-state index contributed by atoms with van der Waals surface area (Å²) >= 11 is 0. The smallest absolute Gasteiger partial charge is 0.328 e. The van der Waals surface area contributed by atoms with E-state index in [-0.39, 0.29) is 6.42 Å². The summed E-state index contributed by atoms with van der Waals surface area (Å²) in [7, 11) is 1.28. The molecule has 0 bridgehead atoms. The molecule has 0 radical (unpaired) electrons. The van der Waals surface area contributed by atoms with E-state index in [1.165, 1.54) is 7.11 Å². The molecule has 0 aliphatic heterocycles. The van der Waals surface area contributed by atoms with E-state index in [1.54, 1.807) is 6.07 Å². The Labute approximate surface area is 89.4 Å². The number of hydrogen-bond donors (Lipinski definition) is 1. The van der Waals surface area contributed by atoms with Crippen LogP contribution in [0.4, 0.5) is 0 Å². The van der Waals surface area contributed by atoms with Crippen LogP contribution in [0.2, 0.25) is 0 Å². The molecular weight excluding hydrogens is 196 g/mol. The van der Waals surface area contributed by atoms with E-state index in [4.69, 9.17) is 5.26 Å². The molecule has 0 saturated carbocycles. The van der Waals surface area contributed by atoms with E-state index in [9.17, 15) is 9.59 Å². The highest BCUT2D eigenvalue weighted by molar-refractivity contribution is 5.85. The van der Waals surface area contributed by atoms with Gasteiger partial charge in [-0.15, -0.1) is 0 Å². The van der Waals surface area contributed by atoms with Crippen LogP contribution in [0.15, 0.2) is 0 Å². The maximum atomic E-state index is 11.2. The van der Waals surface area contributed by atoms with Crippen LogP contribution in [-0.4, -0.2) is 25.0 Å². The standard InChI is InChI=1S/C10H16N2O3/c1-3-4-5-8(10(14)15-2)12-9(13)6-7-11/h8H,3-6H2,1-2H3,(H,12,13). The highest BCUT2D eigenvalue weighted by Gasteiger charge is 2.20. The van der Waals surface area contributed by atoms with Crippen molar-refractivity contribution in [3.05, 3.63) is 0 Å². The van der Waals surface area contributed by atoms with Crippen LogP contribution in [0.5, 0.6) is 0 Å². The van der Waals surface area contributed by atoms with Crippen molar-refractivity contribution >= 4 is 11.9 Å². The molecule has 0 saturated heterocycles. The number of nitrogens with zero attached hydrogens (tertiary/aromatic N) is 1. The lowest BCUT2D eigenvalue weighted by molar-refractivity contribution is -0.145. The highest BCUT2D eigenvalue weighted by atomic mass is 16.5. The monoisotopic (exact) mass is 212 g/mol. The average Bonchev–Trinajstić information content (AvgIpc) is 2.23. The summed E-state index contributed by atoms with van der Waals surface area (Å²) in [6.45, 7) is 1.99. The normalized spacial score (nSPS) is 11.3. The molecule has 0 heterocycles. The number of methoxy groups -OCH3 is 1. The maximum absolute atomic E-state index is 11.2. The summed E-state index contributed by atoms with van der Waals surface area (Å²) in [5.41, 5.74) is 0. The van der Waals surface area contributed by atoms with Gasteiger partial charge in [0, 0.05) is 0 Å². The van der Waals surface area contributed by atoms with Gasteiger partial charge in [0.2, 0.25) is 5.91 Å². The minimum atomic E-state index is -0.629. The van der Waals surface area contributed by atoms with Gasteiger partial charge in [0.15, 0.2) is 0 Å². The molecule has 0 aliphatic rings. The molecule has 0 rings (SSSR count). The Bertz CT molecular complexity index is 258. The molecule has 0 aromatic rings. The second-order valence-corrected chi connectivity index (χ2v) is 3.12. The second kappa shape index (κ2) is 7.80. The molecule has 15 heavy (non-hydrogen) atoms. The first-order valence-electron chi connectivity index (χ1n) is 4.89. The maximum Gasteiger partial charge on any atom is 0.328 e. The number of amides is 1. The third kappa shape index (κ3) is 5.68. The second-order valence-electron chi connectivity index (χ2n) is 3.12. The van der Waals surface area contributed by atoms with Crippen LogP contribution in [0.25, 0.3) is 0 Å². The number of unbranched alkanes of at least 4 members (excludes halogenated alkanes) is 1. The van der Waals surface area contributed by atoms with Crippen LogP contribution in [0.3, 0.4) is 0 Å². The molecule has 0 aromatic carbocycles. The van der Waals surface area contributed by atoms with Crippen molar-refractivity contribution in [2.45, 2.75) is 38.6 Å². The zero-order chi connectivity index (χ0) is 11.7.